The molecule has 0 aliphatic rings. The number of sulfonamides is 1. The smallest absolute Gasteiger partial charge is 0.264 e. The zero-order valence-corrected chi connectivity index (χ0v) is 18.3. The second-order valence-electron chi connectivity index (χ2n) is 6.75. The van der Waals surface area contributed by atoms with E-state index < -0.39 is 10.0 Å². The third-order valence-electron chi connectivity index (χ3n) is 4.72. The minimum Gasteiger partial charge on any atom is -0.341 e. The first-order valence-electron chi connectivity index (χ1n) is 9.29. The van der Waals surface area contributed by atoms with Crippen LogP contribution in [0, 0.1) is 0 Å². The molecule has 0 aliphatic carbocycles. The van der Waals surface area contributed by atoms with Crippen LogP contribution in [0.5, 0.6) is 0 Å². The molecular formula is C22H22ClN3O3S. The van der Waals surface area contributed by atoms with E-state index in [2.05, 4.69) is 4.98 Å². The number of benzene rings is 2. The second kappa shape index (κ2) is 9.28. The second-order valence-corrected chi connectivity index (χ2v) is 9.12. The number of carbonyl (C=O) groups excluding carboxylic acids is 1. The van der Waals surface area contributed by atoms with E-state index in [0.717, 1.165) is 5.69 Å². The number of para-hydroxylation sites is 1. The normalized spacial score (nSPS) is 11.2. The average Bonchev–Trinajstić information content (AvgIpc) is 2.78. The number of hydrogen-bond donors (Lipinski definition) is 0. The fourth-order valence-corrected chi connectivity index (χ4v) is 4.32. The van der Waals surface area contributed by atoms with Gasteiger partial charge in [0.05, 0.1) is 21.2 Å². The molecule has 1 amide bonds. The monoisotopic (exact) mass is 443 g/mol. The zero-order chi connectivity index (χ0) is 21.7. The summed E-state index contributed by atoms with van der Waals surface area (Å²) >= 11 is 6.23. The van der Waals surface area contributed by atoms with Crippen LogP contribution in [0.3, 0.4) is 0 Å². The number of pyridine rings is 1. The number of anilines is 1. The Hall–Kier alpha value is -2.90. The lowest BCUT2D eigenvalue weighted by Gasteiger charge is -2.21. The SMILES string of the molecule is CN(CCc1ccccn1)C(=O)c1cc(S(=O)(=O)N(C)c2ccccc2)ccc1Cl. The highest BCUT2D eigenvalue weighted by molar-refractivity contribution is 7.92. The summed E-state index contributed by atoms with van der Waals surface area (Å²) in [5.41, 5.74) is 1.53. The lowest BCUT2D eigenvalue weighted by atomic mass is 10.2. The van der Waals surface area contributed by atoms with Gasteiger partial charge in [-0.25, -0.2) is 8.42 Å². The molecule has 6 nitrogen and oxygen atoms in total. The topological polar surface area (TPSA) is 70.6 Å². The lowest BCUT2D eigenvalue weighted by molar-refractivity contribution is 0.0796. The fourth-order valence-electron chi connectivity index (χ4n) is 2.90. The molecular weight excluding hydrogens is 422 g/mol. The molecule has 0 spiro atoms. The number of amides is 1. The maximum Gasteiger partial charge on any atom is 0.264 e. The molecule has 0 bridgehead atoms. The molecule has 1 heterocycles. The minimum absolute atomic E-state index is 0.000251. The molecule has 0 radical (unpaired) electrons. The van der Waals surface area contributed by atoms with Gasteiger partial charge >= 0.3 is 0 Å². The van der Waals surface area contributed by atoms with Crippen LogP contribution in [0.25, 0.3) is 0 Å². The van der Waals surface area contributed by atoms with E-state index in [4.69, 9.17) is 11.6 Å². The molecule has 0 saturated carbocycles. The van der Waals surface area contributed by atoms with Crippen molar-refractivity contribution in [3.63, 3.8) is 0 Å². The van der Waals surface area contributed by atoms with Gasteiger partial charge in [0.25, 0.3) is 15.9 Å². The van der Waals surface area contributed by atoms with E-state index in [1.165, 1.54) is 34.5 Å². The summed E-state index contributed by atoms with van der Waals surface area (Å²) in [5, 5.41) is 0.200. The summed E-state index contributed by atoms with van der Waals surface area (Å²) in [4.78, 5) is 18.7. The molecule has 3 aromatic rings. The van der Waals surface area contributed by atoms with E-state index >= 15 is 0 Å². The number of rotatable bonds is 7. The quantitative estimate of drug-likeness (QED) is 0.555. The molecule has 8 heteroatoms. The Labute approximate surface area is 181 Å². The first-order chi connectivity index (χ1) is 14.3. The number of halogens is 1. The third kappa shape index (κ3) is 4.80. The first kappa shape index (κ1) is 21.8. The number of carbonyl (C=O) groups is 1. The average molecular weight is 444 g/mol. The van der Waals surface area contributed by atoms with Crippen molar-refractivity contribution in [1.29, 1.82) is 0 Å². The van der Waals surface area contributed by atoms with Gasteiger partial charge in [-0.05, 0) is 42.5 Å². The van der Waals surface area contributed by atoms with Crippen LogP contribution in [0.15, 0.2) is 77.8 Å². The van der Waals surface area contributed by atoms with Gasteiger partial charge in [-0.1, -0.05) is 35.9 Å². The maximum atomic E-state index is 13.0. The van der Waals surface area contributed by atoms with Gasteiger partial charge in [-0.15, -0.1) is 0 Å². The van der Waals surface area contributed by atoms with Crippen molar-refractivity contribution >= 4 is 33.2 Å². The molecule has 0 fully saturated rings. The van der Waals surface area contributed by atoms with Crippen molar-refractivity contribution in [2.45, 2.75) is 11.3 Å². The van der Waals surface area contributed by atoms with Gasteiger partial charge < -0.3 is 4.90 Å². The Morgan fingerprint density at radius 3 is 2.37 bits per heavy atom. The van der Waals surface area contributed by atoms with Gasteiger partial charge in [0.2, 0.25) is 0 Å². The third-order valence-corrected chi connectivity index (χ3v) is 6.83. The first-order valence-corrected chi connectivity index (χ1v) is 11.1. The van der Waals surface area contributed by atoms with Crippen LogP contribution in [-0.2, 0) is 16.4 Å². The van der Waals surface area contributed by atoms with E-state index in [0.29, 0.717) is 18.7 Å². The van der Waals surface area contributed by atoms with Crippen molar-refractivity contribution in [1.82, 2.24) is 9.88 Å². The molecule has 0 unspecified atom stereocenters. The Kier molecular flexibility index (Phi) is 6.74. The maximum absolute atomic E-state index is 13.0. The standard InChI is InChI=1S/C22H22ClN3O3S/c1-25(15-13-17-8-6-7-14-24-17)22(27)20-16-19(11-12-21(20)23)30(28,29)26(2)18-9-4-3-5-10-18/h3-12,14,16H,13,15H2,1-2H3. The molecule has 3 rings (SSSR count). The van der Waals surface area contributed by atoms with E-state index in [1.807, 2.05) is 24.3 Å². The molecule has 2 aromatic carbocycles. The predicted molar refractivity (Wildman–Crippen MR) is 118 cm³/mol. The van der Waals surface area contributed by atoms with Crippen molar-refractivity contribution in [2.24, 2.45) is 0 Å². The predicted octanol–water partition coefficient (Wildman–Crippen LogP) is 3.87. The van der Waals surface area contributed by atoms with Crippen molar-refractivity contribution in [3.8, 4) is 0 Å². The minimum atomic E-state index is -3.85. The highest BCUT2D eigenvalue weighted by Gasteiger charge is 2.24. The Bertz CT molecular complexity index is 1120. The van der Waals surface area contributed by atoms with E-state index in [1.54, 1.807) is 37.5 Å². The van der Waals surface area contributed by atoms with Gasteiger partial charge in [-0.2, -0.15) is 0 Å². The Balaban J connectivity index is 1.82. The van der Waals surface area contributed by atoms with Crippen LogP contribution < -0.4 is 4.31 Å². The summed E-state index contributed by atoms with van der Waals surface area (Å²) in [5.74, 6) is -0.352. The van der Waals surface area contributed by atoms with Crippen molar-refractivity contribution in [2.75, 3.05) is 24.9 Å². The highest BCUT2D eigenvalue weighted by Crippen LogP contribution is 2.26. The van der Waals surface area contributed by atoms with Gasteiger partial charge in [0.15, 0.2) is 0 Å². The summed E-state index contributed by atoms with van der Waals surface area (Å²) in [6, 6.07) is 18.5. The van der Waals surface area contributed by atoms with Crippen molar-refractivity contribution in [3.05, 3.63) is 89.2 Å². The number of aromatic nitrogens is 1. The summed E-state index contributed by atoms with van der Waals surface area (Å²) in [6.07, 6.45) is 2.28. The summed E-state index contributed by atoms with van der Waals surface area (Å²) in [7, 11) is -0.728. The molecule has 0 saturated heterocycles. The number of hydrogen-bond acceptors (Lipinski definition) is 4. The molecule has 0 aliphatic heterocycles. The Morgan fingerprint density at radius 1 is 1.00 bits per heavy atom. The largest absolute Gasteiger partial charge is 0.341 e. The summed E-state index contributed by atoms with van der Waals surface area (Å²) in [6.45, 7) is 0.424. The molecule has 0 atom stereocenters. The number of nitrogens with zero attached hydrogens (tertiary/aromatic N) is 3. The van der Waals surface area contributed by atoms with Crippen LogP contribution in [0.1, 0.15) is 16.1 Å². The van der Waals surface area contributed by atoms with E-state index in [9.17, 15) is 13.2 Å². The highest BCUT2D eigenvalue weighted by atomic mass is 35.5. The molecule has 156 valence electrons. The zero-order valence-electron chi connectivity index (χ0n) is 16.7. The molecule has 30 heavy (non-hydrogen) atoms. The van der Waals surface area contributed by atoms with E-state index in [-0.39, 0.29) is 21.4 Å². The molecule has 0 N–H and O–H groups in total. The lowest BCUT2D eigenvalue weighted by Crippen LogP contribution is -2.30. The van der Waals surface area contributed by atoms with Crippen LogP contribution in [-0.4, -0.2) is 44.8 Å². The molecule has 1 aromatic heterocycles. The van der Waals surface area contributed by atoms with Crippen LogP contribution in [0.2, 0.25) is 5.02 Å². The Morgan fingerprint density at radius 2 is 1.70 bits per heavy atom. The van der Waals surface area contributed by atoms with Crippen LogP contribution in [0.4, 0.5) is 5.69 Å². The van der Waals surface area contributed by atoms with Gasteiger partial charge in [-0.3, -0.25) is 14.1 Å². The number of likely N-dealkylation sites (N-methyl/N-ethyl adjacent to an activating group) is 1. The van der Waals surface area contributed by atoms with Gasteiger partial charge in [0.1, 0.15) is 0 Å². The van der Waals surface area contributed by atoms with Crippen molar-refractivity contribution < 1.29 is 13.2 Å². The fraction of sp³-hybridized carbons (Fsp3) is 0.182. The summed E-state index contributed by atoms with van der Waals surface area (Å²) < 4.78 is 27.3. The van der Waals surface area contributed by atoms with Crippen LogP contribution >= 0.6 is 11.6 Å². The van der Waals surface area contributed by atoms with Gasteiger partial charge in [0, 0.05) is 39.0 Å².